The van der Waals surface area contributed by atoms with Crippen molar-refractivity contribution in [2.24, 2.45) is 5.92 Å². The fourth-order valence-corrected chi connectivity index (χ4v) is 5.96. The summed E-state index contributed by atoms with van der Waals surface area (Å²) in [7, 11) is 0. The van der Waals surface area contributed by atoms with E-state index in [1.165, 1.54) is 0 Å². The molecule has 4 heterocycles. The number of unbranched alkanes of at least 4 members (excludes halogenated alkanes) is 1. The third kappa shape index (κ3) is 5.72. The van der Waals surface area contributed by atoms with Crippen LogP contribution in [0.5, 0.6) is 0 Å². The number of aromatic nitrogens is 1. The highest BCUT2D eigenvalue weighted by molar-refractivity contribution is 5.79. The minimum absolute atomic E-state index is 0.00773. The second-order valence-corrected chi connectivity index (χ2v) is 11.4. The predicted octanol–water partition coefficient (Wildman–Crippen LogP) is 4.96. The number of carbonyl (C=O) groups excluding carboxylic acids is 1. The van der Waals surface area contributed by atoms with Gasteiger partial charge in [-0.3, -0.25) is 4.79 Å². The molecule has 8 nitrogen and oxygen atoms in total. The Bertz CT molecular complexity index is 1030. The quantitative estimate of drug-likeness (QED) is 0.597. The van der Waals surface area contributed by atoms with E-state index in [2.05, 4.69) is 55.9 Å². The Morgan fingerprint density at radius 3 is 2.51 bits per heavy atom. The molecule has 2 saturated heterocycles. The molecule has 0 unspecified atom stereocenters. The highest BCUT2D eigenvalue weighted by Gasteiger charge is 2.42. The van der Waals surface area contributed by atoms with Crippen LogP contribution in [0, 0.1) is 17.2 Å². The largest absolute Gasteiger partial charge is 0.459 e. The van der Waals surface area contributed by atoms with Gasteiger partial charge in [0.2, 0.25) is 17.5 Å². The number of anilines is 1. The topological polar surface area (TPSA) is 98.5 Å². The van der Waals surface area contributed by atoms with Crippen molar-refractivity contribution in [1.29, 1.82) is 5.26 Å². The maximum atomic E-state index is 13.8. The van der Waals surface area contributed by atoms with E-state index >= 15 is 0 Å². The zero-order valence-electron chi connectivity index (χ0n) is 21.8. The fraction of sp³-hybridized carbons (Fsp3) is 0.667. The van der Waals surface area contributed by atoms with E-state index in [1.54, 1.807) is 18.4 Å². The van der Waals surface area contributed by atoms with Crippen molar-refractivity contribution in [2.75, 3.05) is 24.5 Å². The predicted molar refractivity (Wildman–Crippen MR) is 135 cm³/mol. The number of piperidine rings is 2. The Morgan fingerprint density at radius 2 is 1.94 bits per heavy atom. The van der Waals surface area contributed by atoms with Gasteiger partial charge in [-0.1, -0.05) is 13.3 Å². The van der Waals surface area contributed by atoms with Crippen molar-refractivity contribution in [3.63, 3.8) is 0 Å². The van der Waals surface area contributed by atoms with E-state index < -0.39 is 0 Å². The number of nitriles is 1. The summed E-state index contributed by atoms with van der Waals surface area (Å²) < 4.78 is 11.3. The molecule has 0 aliphatic carbocycles. The van der Waals surface area contributed by atoms with Gasteiger partial charge in [-0.2, -0.15) is 10.2 Å². The second-order valence-electron chi connectivity index (χ2n) is 11.4. The lowest BCUT2D eigenvalue weighted by Gasteiger charge is -2.50. The molecule has 0 atom stereocenters. The van der Waals surface area contributed by atoms with E-state index in [-0.39, 0.29) is 34.6 Å². The highest BCUT2D eigenvalue weighted by Crippen LogP contribution is 2.35. The molecule has 2 aliphatic heterocycles. The van der Waals surface area contributed by atoms with Crippen LogP contribution in [-0.2, 0) is 4.79 Å². The van der Waals surface area contributed by atoms with Crippen LogP contribution in [0.15, 0.2) is 27.2 Å². The molecule has 1 amide bonds. The molecule has 190 valence electrons. The van der Waals surface area contributed by atoms with Crippen LogP contribution in [-0.4, -0.2) is 52.5 Å². The van der Waals surface area contributed by atoms with Gasteiger partial charge >= 0.3 is 0 Å². The number of nitrogens with zero attached hydrogens (tertiary/aromatic N) is 4. The first-order valence-electron chi connectivity index (χ1n) is 12.9. The van der Waals surface area contributed by atoms with Crippen LogP contribution in [0.3, 0.4) is 0 Å². The fourth-order valence-electron chi connectivity index (χ4n) is 5.96. The van der Waals surface area contributed by atoms with Gasteiger partial charge < -0.3 is 24.0 Å². The molecule has 2 aromatic heterocycles. The van der Waals surface area contributed by atoms with Gasteiger partial charge in [0.1, 0.15) is 6.07 Å². The molecule has 0 radical (unpaired) electrons. The first-order valence-corrected chi connectivity index (χ1v) is 12.9. The van der Waals surface area contributed by atoms with E-state index in [1.807, 2.05) is 4.90 Å². The number of hydrogen-bond acceptors (Lipinski definition) is 7. The number of hydrogen-bond donors (Lipinski definition) is 1. The second kappa shape index (κ2) is 10.1. The lowest BCUT2D eigenvalue weighted by Crippen LogP contribution is -2.63. The van der Waals surface area contributed by atoms with Crippen molar-refractivity contribution < 1.29 is 13.6 Å². The monoisotopic (exact) mass is 481 g/mol. The van der Waals surface area contributed by atoms with Crippen molar-refractivity contribution in [3.8, 4) is 17.7 Å². The van der Waals surface area contributed by atoms with Crippen LogP contribution in [0.25, 0.3) is 11.7 Å². The molecule has 8 heteroatoms. The van der Waals surface area contributed by atoms with Crippen molar-refractivity contribution >= 4 is 11.8 Å². The molecular weight excluding hydrogens is 442 g/mol. The van der Waals surface area contributed by atoms with Crippen LogP contribution in [0.1, 0.15) is 78.8 Å². The zero-order valence-corrected chi connectivity index (χ0v) is 21.8. The van der Waals surface area contributed by atoms with Crippen molar-refractivity contribution in [3.05, 3.63) is 24.1 Å². The summed E-state index contributed by atoms with van der Waals surface area (Å²) in [5.74, 6) is 1.54. The summed E-state index contributed by atoms with van der Waals surface area (Å²) in [6.07, 6.45) is 7.04. The lowest BCUT2D eigenvalue weighted by molar-refractivity contribution is -0.140. The smallest absolute Gasteiger partial charge is 0.266 e. The Balaban J connectivity index is 1.46. The summed E-state index contributed by atoms with van der Waals surface area (Å²) in [4.78, 5) is 22.4. The van der Waals surface area contributed by atoms with Crippen LogP contribution in [0.4, 0.5) is 5.88 Å². The summed E-state index contributed by atoms with van der Waals surface area (Å²) in [5, 5.41) is 13.3. The molecular formula is C27H39N5O3. The van der Waals surface area contributed by atoms with E-state index in [9.17, 15) is 10.1 Å². The third-order valence-electron chi connectivity index (χ3n) is 7.22. The maximum Gasteiger partial charge on any atom is 0.266 e. The number of furan rings is 1. The minimum Gasteiger partial charge on any atom is -0.459 e. The number of nitrogens with one attached hydrogen (secondary N) is 1. The molecule has 2 aliphatic rings. The van der Waals surface area contributed by atoms with E-state index in [4.69, 9.17) is 8.83 Å². The van der Waals surface area contributed by atoms with Gasteiger partial charge in [-0.25, -0.2) is 0 Å². The average Bonchev–Trinajstić information content (AvgIpc) is 3.47. The number of amides is 1. The molecule has 0 bridgehead atoms. The van der Waals surface area contributed by atoms with Crippen LogP contribution < -0.4 is 10.2 Å². The van der Waals surface area contributed by atoms with Crippen molar-refractivity contribution in [1.82, 2.24) is 15.2 Å². The number of carbonyl (C=O) groups is 1. The molecule has 0 aromatic carbocycles. The summed E-state index contributed by atoms with van der Waals surface area (Å²) in [5.41, 5.74) is 0.239. The van der Waals surface area contributed by atoms with Crippen LogP contribution in [0.2, 0.25) is 0 Å². The summed E-state index contributed by atoms with van der Waals surface area (Å²) >= 11 is 0. The summed E-state index contributed by atoms with van der Waals surface area (Å²) in [6.45, 7) is 13.3. The molecule has 0 spiro atoms. The first kappa shape index (κ1) is 25.3. The van der Waals surface area contributed by atoms with Gasteiger partial charge in [0, 0.05) is 42.7 Å². The molecule has 2 aromatic rings. The normalized spacial score (nSPS) is 20.5. The first-order chi connectivity index (χ1) is 16.6. The maximum absolute atomic E-state index is 13.8. The Morgan fingerprint density at radius 1 is 1.26 bits per heavy atom. The Labute approximate surface area is 208 Å². The van der Waals surface area contributed by atoms with Crippen LogP contribution >= 0.6 is 0 Å². The SMILES string of the molecule is CCCCN(C(=O)C1CCN(c2oc(-c3ccco3)nc2C#N)CC1)C1CC(C)(C)NC(C)(C)C1. The Kier molecular flexibility index (Phi) is 7.27. The standard InChI is InChI=1S/C27H39N5O3/c1-6-7-12-32(20-16-26(2,3)30-27(4,5)17-20)24(33)19-10-13-31(14-11-19)25-21(18-28)29-23(35-25)22-9-8-15-34-22/h8-9,15,19-20,30H,6-7,10-14,16-17H2,1-5H3. The average molecular weight is 482 g/mol. The molecule has 2 fully saturated rings. The van der Waals surface area contributed by atoms with Gasteiger partial charge in [0.05, 0.1) is 6.26 Å². The molecule has 1 N–H and O–H groups in total. The van der Waals surface area contributed by atoms with Gasteiger partial charge in [-0.15, -0.1) is 0 Å². The number of rotatable bonds is 7. The van der Waals surface area contributed by atoms with Gasteiger partial charge in [0.25, 0.3) is 5.89 Å². The number of oxazole rings is 1. The third-order valence-corrected chi connectivity index (χ3v) is 7.22. The zero-order chi connectivity index (χ0) is 25.2. The minimum atomic E-state index is -0.0118. The summed E-state index contributed by atoms with van der Waals surface area (Å²) in [6, 6.07) is 5.90. The molecule has 4 rings (SSSR count). The molecule has 35 heavy (non-hydrogen) atoms. The lowest BCUT2D eigenvalue weighted by atomic mass is 9.78. The van der Waals surface area contributed by atoms with E-state index in [0.29, 0.717) is 30.6 Å². The van der Waals surface area contributed by atoms with Gasteiger partial charge in [0.15, 0.2) is 5.76 Å². The molecule has 0 saturated carbocycles. The Hall–Kier alpha value is -2.79. The van der Waals surface area contributed by atoms with Crippen molar-refractivity contribution in [2.45, 2.75) is 90.3 Å². The highest BCUT2D eigenvalue weighted by atomic mass is 16.4. The van der Waals surface area contributed by atoms with E-state index in [0.717, 1.165) is 45.1 Å². The van der Waals surface area contributed by atoms with Gasteiger partial charge in [-0.05, 0) is 71.9 Å².